The molecule has 5 rings (SSSR count). The van der Waals surface area contributed by atoms with Crippen molar-refractivity contribution in [2.24, 2.45) is 0 Å². The second kappa shape index (κ2) is 4.66. The molecular formula is C19H11IS2. The molecule has 2 aromatic heterocycles. The number of rotatable bonds is 0. The fraction of sp³-hybridized carbons (Fsp3) is 0.0526. The normalized spacial score (nSPS) is 12.1. The van der Waals surface area contributed by atoms with Crippen LogP contribution in [0.5, 0.6) is 0 Å². The largest absolute Gasteiger partial charge is 0.141 e. The minimum atomic E-state index is 1.35. The van der Waals surface area contributed by atoms with Crippen LogP contribution in [-0.2, 0) is 0 Å². The molecule has 0 unspecified atom stereocenters. The van der Waals surface area contributed by atoms with E-state index in [2.05, 4.69) is 78.0 Å². The molecule has 0 aliphatic rings. The Morgan fingerprint density at radius 3 is 2.32 bits per heavy atom. The van der Waals surface area contributed by atoms with E-state index >= 15 is 0 Å². The highest BCUT2D eigenvalue weighted by atomic mass is 127. The molecular weight excluding hydrogens is 419 g/mol. The summed E-state index contributed by atoms with van der Waals surface area (Å²) in [5.74, 6) is 0. The van der Waals surface area contributed by atoms with Gasteiger partial charge >= 0.3 is 0 Å². The topological polar surface area (TPSA) is 0 Å². The average molecular weight is 430 g/mol. The van der Waals surface area contributed by atoms with Crippen LogP contribution in [0.2, 0.25) is 0 Å². The van der Waals surface area contributed by atoms with Gasteiger partial charge in [-0.2, -0.15) is 0 Å². The highest BCUT2D eigenvalue weighted by Gasteiger charge is 2.10. The minimum Gasteiger partial charge on any atom is -0.141 e. The predicted molar refractivity (Wildman–Crippen MR) is 110 cm³/mol. The molecule has 22 heavy (non-hydrogen) atoms. The van der Waals surface area contributed by atoms with Gasteiger partial charge in [-0.1, -0.05) is 30.3 Å². The van der Waals surface area contributed by atoms with E-state index in [1.165, 1.54) is 49.5 Å². The van der Waals surface area contributed by atoms with E-state index in [4.69, 9.17) is 0 Å². The van der Waals surface area contributed by atoms with Gasteiger partial charge in [-0.25, -0.2) is 0 Å². The van der Waals surface area contributed by atoms with Gasteiger partial charge in [-0.05, 0) is 69.3 Å². The smallest absolute Gasteiger partial charge is 0.0666 e. The van der Waals surface area contributed by atoms with Crippen LogP contribution in [0.25, 0.3) is 41.7 Å². The van der Waals surface area contributed by atoms with Crippen molar-refractivity contribution in [3.8, 4) is 0 Å². The number of thiophene rings is 2. The van der Waals surface area contributed by atoms with Crippen molar-refractivity contribution < 1.29 is 0 Å². The quantitative estimate of drug-likeness (QED) is 0.178. The lowest BCUT2D eigenvalue weighted by atomic mass is 9.99. The number of hydrogen-bond acceptors (Lipinski definition) is 2. The summed E-state index contributed by atoms with van der Waals surface area (Å²) in [5.41, 5.74) is 0. The Bertz CT molecular complexity index is 1100. The monoisotopic (exact) mass is 430 g/mol. The van der Waals surface area contributed by atoms with E-state index in [9.17, 15) is 0 Å². The molecule has 3 aromatic carbocycles. The zero-order valence-corrected chi connectivity index (χ0v) is 15.6. The van der Waals surface area contributed by atoms with Crippen molar-refractivity contribution in [1.29, 1.82) is 0 Å². The molecule has 3 heteroatoms. The summed E-state index contributed by atoms with van der Waals surface area (Å²) in [4.78, 5) is 1.38. The van der Waals surface area contributed by atoms with Crippen LogP contribution in [0.4, 0.5) is 0 Å². The van der Waals surface area contributed by atoms with Crippen molar-refractivity contribution >= 4 is 87.0 Å². The highest BCUT2D eigenvalue weighted by Crippen LogP contribution is 2.39. The first-order chi connectivity index (χ1) is 10.7. The molecule has 5 aromatic rings. The number of benzene rings is 3. The Labute approximate surface area is 149 Å². The van der Waals surface area contributed by atoms with E-state index < -0.39 is 0 Å². The van der Waals surface area contributed by atoms with Crippen molar-refractivity contribution in [2.75, 3.05) is 0 Å². The van der Waals surface area contributed by atoms with E-state index in [-0.39, 0.29) is 0 Å². The van der Waals surface area contributed by atoms with Crippen LogP contribution in [0.15, 0.2) is 48.5 Å². The summed E-state index contributed by atoms with van der Waals surface area (Å²) in [6.45, 7) is 2.19. The van der Waals surface area contributed by atoms with Gasteiger partial charge in [0.25, 0.3) is 0 Å². The maximum atomic E-state index is 2.42. The molecule has 0 saturated heterocycles. The summed E-state index contributed by atoms with van der Waals surface area (Å²) < 4.78 is 4.14. The molecule has 2 heterocycles. The maximum absolute atomic E-state index is 2.42. The Kier molecular flexibility index (Phi) is 2.82. The number of fused-ring (bicyclic) bond motifs is 7. The first kappa shape index (κ1) is 13.3. The summed E-state index contributed by atoms with van der Waals surface area (Å²) >= 11 is 6.18. The van der Waals surface area contributed by atoms with E-state index in [1.807, 2.05) is 22.7 Å². The van der Waals surface area contributed by atoms with Gasteiger partial charge in [0.1, 0.15) is 0 Å². The van der Waals surface area contributed by atoms with E-state index in [0.717, 1.165) is 0 Å². The van der Waals surface area contributed by atoms with Crippen molar-refractivity contribution in [3.05, 3.63) is 56.3 Å². The first-order valence-corrected chi connectivity index (χ1v) is 9.85. The molecule has 0 saturated carbocycles. The molecule has 0 nitrogen and oxygen atoms in total. The third kappa shape index (κ3) is 1.79. The van der Waals surface area contributed by atoms with Crippen LogP contribution >= 0.6 is 45.3 Å². The minimum absolute atomic E-state index is 1.35. The SMILES string of the molecule is Cc1cc2c(ccc3c2ccc2c3ccc3cc(I)sc32)s1. The molecule has 0 amide bonds. The molecule has 0 radical (unpaired) electrons. The predicted octanol–water partition coefficient (Wildman–Crippen LogP) is 7.34. The van der Waals surface area contributed by atoms with Gasteiger partial charge in [0.15, 0.2) is 0 Å². The number of aryl methyl sites for hydroxylation is 1. The lowest BCUT2D eigenvalue weighted by Crippen LogP contribution is -1.78. The standard InChI is InChI=1S/C19H11IS2/c1-10-8-16-14-4-5-15-13(12(14)6-7-17(16)21-10)3-2-11-9-18(20)22-19(11)15/h2-9H,1H3. The zero-order chi connectivity index (χ0) is 14.8. The number of hydrogen-bond donors (Lipinski definition) is 0. The molecule has 0 fully saturated rings. The summed E-state index contributed by atoms with van der Waals surface area (Å²) in [6.07, 6.45) is 0. The summed E-state index contributed by atoms with van der Waals surface area (Å²) in [5, 5.41) is 8.24. The fourth-order valence-electron chi connectivity index (χ4n) is 3.34. The van der Waals surface area contributed by atoms with Gasteiger partial charge in [0.05, 0.1) is 2.88 Å². The number of halogens is 1. The lowest BCUT2D eigenvalue weighted by molar-refractivity contribution is 1.66. The van der Waals surface area contributed by atoms with E-state index in [0.29, 0.717) is 0 Å². The molecule has 0 spiro atoms. The van der Waals surface area contributed by atoms with Crippen molar-refractivity contribution in [1.82, 2.24) is 0 Å². The second-order valence-electron chi connectivity index (χ2n) is 5.62. The summed E-state index contributed by atoms with van der Waals surface area (Å²) in [6, 6.07) is 18.3. The first-order valence-electron chi connectivity index (χ1n) is 7.14. The van der Waals surface area contributed by atoms with Crippen LogP contribution < -0.4 is 0 Å². The van der Waals surface area contributed by atoms with Crippen molar-refractivity contribution in [3.63, 3.8) is 0 Å². The molecule has 0 aliphatic carbocycles. The third-order valence-electron chi connectivity index (χ3n) is 4.27. The molecule has 0 bridgehead atoms. The molecule has 106 valence electrons. The second-order valence-corrected chi connectivity index (χ2v) is 9.86. The highest BCUT2D eigenvalue weighted by molar-refractivity contribution is 14.1. The maximum Gasteiger partial charge on any atom is 0.0666 e. The van der Waals surface area contributed by atoms with Crippen molar-refractivity contribution in [2.45, 2.75) is 6.92 Å². The average Bonchev–Trinajstić information content (AvgIpc) is 3.07. The Morgan fingerprint density at radius 1 is 0.727 bits per heavy atom. The summed E-state index contributed by atoms with van der Waals surface area (Å²) in [7, 11) is 0. The van der Waals surface area contributed by atoms with Crippen LogP contribution in [0.1, 0.15) is 4.88 Å². The van der Waals surface area contributed by atoms with Gasteiger partial charge in [0.2, 0.25) is 0 Å². The lowest BCUT2D eigenvalue weighted by Gasteiger charge is -2.06. The third-order valence-corrected chi connectivity index (χ3v) is 7.23. The van der Waals surface area contributed by atoms with E-state index in [1.54, 1.807) is 0 Å². The Hall–Kier alpha value is -1.17. The van der Waals surface area contributed by atoms with Gasteiger partial charge in [-0.3, -0.25) is 0 Å². The van der Waals surface area contributed by atoms with Gasteiger partial charge in [0, 0.05) is 25.0 Å². The van der Waals surface area contributed by atoms with Crippen LogP contribution in [0.3, 0.4) is 0 Å². The van der Waals surface area contributed by atoms with Gasteiger partial charge < -0.3 is 0 Å². The molecule has 0 atom stereocenters. The Balaban J connectivity index is 2.03. The van der Waals surface area contributed by atoms with Crippen LogP contribution in [-0.4, -0.2) is 0 Å². The molecule has 0 aliphatic heterocycles. The zero-order valence-electron chi connectivity index (χ0n) is 11.8. The fourth-order valence-corrected chi connectivity index (χ4v) is 6.18. The van der Waals surface area contributed by atoms with Gasteiger partial charge in [-0.15, -0.1) is 22.7 Å². The van der Waals surface area contributed by atoms with Crippen LogP contribution in [0, 0.1) is 9.81 Å². The Morgan fingerprint density at radius 2 is 1.41 bits per heavy atom. The molecule has 0 N–H and O–H groups in total.